The first kappa shape index (κ1) is 18.4. The van der Waals surface area contributed by atoms with Gasteiger partial charge < -0.3 is 0 Å². The molecule has 0 aromatic heterocycles. The van der Waals surface area contributed by atoms with Crippen molar-refractivity contribution in [2.75, 3.05) is 0 Å². The Labute approximate surface area is 132 Å². The van der Waals surface area contributed by atoms with Crippen molar-refractivity contribution in [1.82, 2.24) is 0 Å². The first-order valence-corrected chi connectivity index (χ1v) is 11.0. The lowest BCUT2D eigenvalue weighted by Gasteiger charge is -2.43. The minimum absolute atomic E-state index is 0.109. The van der Waals surface area contributed by atoms with E-state index in [1.807, 2.05) is 12.1 Å². The molecule has 2 heteroatoms. The van der Waals surface area contributed by atoms with Crippen molar-refractivity contribution in [3.63, 3.8) is 0 Å². The van der Waals surface area contributed by atoms with Gasteiger partial charge in [-0.25, -0.2) is 4.39 Å². The van der Waals surface area contributed by atoms with Crippen LogP contribution < -0.4 is 0 Å². The van der Waals surface area contributed by atoms with Gasteiger partial charge in [0.05, 0.1) is 8.07 Å². The lowest BCUT2D eigenvalue weighted by atomic mass is 10.1. The Morgan fingerprint density at radius 3 is 1.95 bits per heavy atom. The van der Waals surface area contributed by atoms with Gasteiger partial charge in [0.15, 0.2) is 0 Å². The fourth-order valence-corrected chi connectivity index (χ4v) is 10.9. The summed E-state index contributed by atoms with van der Waals surface area (Å²) in [5.41, 5.74) is 3.66. The van der Waals surface area contributed by atoms with Crippen molar-refractivity contribution in [2.45, 2.75) is 83.5 Å². The number of rotatable bonds is 8. The van der Waals surface area contributed by atoms with Crippen LogP contribution in [0.3, 0.4) is 0 Å². The van der Waals surface area contributed by atoms with Crippen molar-refractivity contribution < 1.29 is 4.39 Å². The molecule has 0 N–H and O–H groups in total. The smallest absolute Gasteiger partial charge is 0.123 e. The molecule has 0 saturated carbocycles. The third-order valence-corrected chi connectivity index (χ3v) is 13.1. The summed E-state index contributed by atoms with van der Waals surface area (Å²) in [5.74, 6) is -0.109. The molecule has 0 saturated heterocycles. The third kappa shape index (κ3) is 4.67. The van der Waals surface area contributed by atoms with Gasteiger partial charge >= 0.3 is 0 Å². The van der Waals surface area contributed by atoms with Crippen LogP contribution in [0.5, 0.6) is 0 Å². The Kier molecular flexibility index (Phi) is 7.12. The third-order valence-electron chi connectivity index (χ3n) is 5.44. The van der Waals surface area contributed by atoms with Crippen molar-refractivity contribution in [2.24, 2.45) is 0 Å². The molecule has 0 heterocycles. The van der Waals surface area contributed by atoms with Crippen molar-refractivity contribution in [3.05, 3.63) is 35.6 Å². The minimum atomic E-state index is -1.25. The van der Waals surface area contributed by atoms with Crippen LogP contribution in [0.1, 0.15) is 59.9 Å². The van der Waals surface area contributed by atoms with Gasteiger partial charge in [0.25, 0.3) is 0 Å². The molecule has 0 fully saturated rings. The normalized spacial score (nSPS) is 12.7. The zero-order valence-electron chi connectivity index (χ0n) is 14.7. The molecule has 21 heavy (non-hydrogen) atoms. The Hall–Kier alpha value is -0.633. The van der Waals surface area contributed by atoms with Crippen LogP contribution in [0.2, 0.25) is 22.7 Å². The largest absolute Gasteiger partial charge is 0.207 e. The first-order chi connectivity index (χ1) is 9.80. The highest BCUT2D eigenvalue weighted by atomic mass is 28.3. The molecule has 0 radical (unpaired) electrons. The highest BCUT2D eigenvalue weighted by molar-refractivity contribution is 6.83. The second kappa shape index (κ2) is 8.12. The summed E-state index contributed by atoms with van der Waals surface area (Å²) in [4.78, 5) is 0. The zero-order chi connectivity index (χ0) is 16.0. The average molecular weight is 309 g/mol. The number of halogens is 1. The van der Waals surface area contributed by atoms with E-state index in [1.54, 1.807) is 6.07 Å². The summed E-state index contributed by atoms with van der Waals surface area (Å²) in [6.07, 6.45) is 3.48. The second-order valence-electron chi connectivity index (χ2n) is 7.41. The summed E-state index contributed by atoms with van der Waals surface area (Å²) in [7, 11) is -1.25. The summed E-state index contributed by atoms with van der Waals surface area (Å²) < 4.78 is 13.2. The molecule has 0 aliphatic heterocycles. The number of hydrogen-bond donors (Lipinski definition) is 0. The van der Waals surface area contributed by atoms with E-state index in [-0.39, 0.29) is 5.82 Å². The molecule has 1 aromatic carbocycles. The number of hydrogen-bond acceptors (Lipinski definition) is 0. The molecular formula is C19H33FSi. The van der Waals surface area contributed by atoms with Crippen LogP contribution in [-0.4, -0.2) is 8.07 Å². The van der Waals surface area contributed by atoms with E-state index in [0.29, 0.717) is 0 Å². The van der Waals surface area contributed by atoms with E-state index < -0.39 is 8.07 Å². The fourth-order valence-electron chi connectivity index (χ4n) is 4.32. The molecule has 0 spiro atoms. The SMILES string of the molecule is CC(C)[Si](CCCCc1cccc(F)c1)(C(C)C)C(C)C. The second-order valence-corrected chi connectivity index (χ2v) is 13.6. The van der Waals surface area contributed by atoms with Crippen molar-refractivity contribution >= 4 is 8.07 Å². The maximum atomic E-state index is 13.2. The monoisotopic (exact) mass is 308 g/mol. The van der Waals surface area contributed by atoms with E-state index >= 15 is 0 Å². The van der Waals surface area contributed by atoms with Gasteiger partial charge in [-0.1, -0.05) is 82.8 Å². The van der Waals surface area contributed by atoms with Gasteiger partial charge in [-0.05, 0) is 30.5 Å². The van der Waals surface area contributed by atoms with Crippen LogP contribution in [0.15, 0.2) is 24.3 Å². The van der Waals surface area contributed by atoms with Gasteiger partial charge in [0.1, 0.15) is 5.82 Å². The zero-order valence-corrected chi connectivity index (χ0v) is 15.7. The molecule has 0 aliphatic carbocycles. The molecule has 1 aromatic rings. The molecule has 0 aliphatic rings. The molecule has 0 bridgehead atoms. The predicted octanol–water partition coefficient (Wildman–Crippen LogP) is 6.83. The van der Waals surface area contributed by atoms with Crippen molar-refractivity contribution in [3.8, 4) is 0 Å². The van der Waals surface area contributed by atoms with Gasteiger partial charge in [0, 0.05) is 0 Å². The summed E-state index contributed by atoms with van der Waals surface area (Å²) in [5, 5.41) is 0. The average Bonchev–Trinajstić information content (AvgIpc) is 2.37. The summed E-state index contributed by atoms with van der Waals surface area (Å²) in [6.45, 7) is 14.6. The molecule has 1 rings (SSSR count). The highest BCUT2D eigenvalue weighted by Crippen LogP contribution is 2.45. The molecule has 0 atom stereocenters. The van der Waals surface area contributed by atoms with Gasteiger partial charge in [0.2, 0.25) is 0 Å². The standard InChI is InChI=1S/C19H33FSi/c1-15(2)21(16(3)4,17(5)6)13-8-7-10-18-11-9-12-19(20)14-18/h9,11-12,14-17H,7-8,10,13H2,1-6H3. The van der Waals surface area contributed by atoms with E-state index in [4.69, 9.17) is 0 Å². The summed E-state index contributed by atoms with van der Waals surface area (Å²) in [6, 6.07) is 8.48. The maximum Gasteiger partial charge on any atom is 0.123 e. The van der Waals surface area contributed by atoms with Crippen molar-refractivity contribution in [1.29, 1.82) is 0 Å². The Morgan fingerprint density at radius 2 is 1.48 bits per heavy atom. The molecular weight excluding hydrogens is 275 g/mol. The Bertz CT molecular complexity index is 402. The Morgan fingerprint density at radius 1 is 0.905 bits per heavy atom. The predicted molar refractivity (Wildman–Crippen MR) is 95.2 cm³/mol. The van der Waals surface area contributed by atoms with Crippen LogP contribution in [-0.2, 0) is 6.42 Å². The van der Waals surface area contributed by atoms with Gasteiger partial charge in [-0.15, -0.1) is 0 Å². The lowest BCUT2D eigenvalue weighted by molar-refractivity contribution is 0.624. The van der Waals surface area contributed by atoms with Crippen LogP contribution >= 0.6 is 0 Å². The van der Waals surface area contributed by atoms with Gasteiger partial charge in [-0.2, -0.15) is 0 Å². The van der Waals surface area contributed by atoms with Crippen LogP contribution in [0.25, 0.3) is 0 Å². The quantitative estimate of drug-likeness (QED) is 0.365. The van der Waals surface area contributed by atoms with Gasteiger partial charge in [-0.3, -0.25) is 0 Å². The van der Waals surface area contributed by atoms with E-state index in [9.17, 15) is 4.39 Å². The molecule has 0 nitrogen and oxygen atoms in total. The Balaban J connectivity index is 2.58. The van der Waals surface area contributed by atoms with Crippen LogP contribution in [0, 0.1) is 5.82 Å². The minimum Gasteiger partial charge on any atom is -0.207 e. The summed E-state index contributed by atoms with van der Waals surface area (Å²) >= 11 is 0. The lowest BCUT2D eigenvalue weighted by Crippen LogP contribution is -2.44. The molecule has 0 amide bonds. The number of aryl methyl sites for hydroxylation is 1. The first-order valence-electron chi connectivity index (χ1n) is 8.55. The van der Waals surface area contributed by atoms with E-state index in [2.05, 4.69) is 41.5 Å². The number of benzene rings is 1. The number of unbranched alkanes of at least 4 members (excludes halogenated alkanes) is 1. The van der Waals surface area contributed by atoms with Crippen LogP contribution in [0.4, 0.5) is 4.39 Å². The fraction of sp³-hybridized carbons (Fsp3) is 0.684. The molecule has 0 unspecified atom stereocenters. The van der Waals surface area contributed by atoms with E-state index in [0.717, 1.165) is 28.6 Å². The maximum absolute atomic E-state index is 13.2. The highest BCUT2D eigenvalue weighted by Gasteiger charge is 2.41. The molecule has 120 valence electrons. The van der Waals surface area contributed by atoms with E-state index in [1.165, 1.54) is 25.0 Å². The topological polar surface area (TPSA) is 0 Å².